The lowest BCUT2D eigenvalue weighted by atomic mass is 10.1. The van der Waals surface area contributed by atoms with Gasteiger partial charge in [0.25, 0.3) is 5.91 Å². The Kier molecular flexibility index (Phi) is 6.01. The molecule has 1 aromatic heterocycles. The highest BCUT2D eigenvalue weighted by Gasteiger charge is 2.11. The maximum atomic E-state index is 12.2. The Morgan fingerprint density at radius 1 is 1.23 bits per heavy atom. The van der Waals surface area contributed by atoms with Crippen molar-refractivity contribution in [3.63, 3.8) is 0 Å². The largest absolute Gasteiger partial charge is 0.497 e. The van der Waals surface area contributed by atoms with Crippen LogP contribution >= 0.6 is 11.3 Å². The van der Waals surface area contributed by atoms with E-state index in [0.717, 1.165) is 29.9 Å². The molecule has 22 heavy (non-hydrogen) atoms. The standard InChI is InChI=1S/C18H23NO2S/c1-4-5-15-12-17(22-13(15)2)18(20)19-11-10-14-6-8-16(21-3)9-7-14/h6-9,12H,4-5,10-11H2,1-3H3,(H,19,20). The van der Waals surface area contributed by atoms with Gasteiger partial charge < -0.3 is 10.1 Å². The summed E-state index contributed by atoms with van der Waals surface area (Å²) in [7, 11) is 1.66. The van der Waals surface area contributed by atoms with Crippen molar-refractivity contribution in [2.45, 2.75) is 33.1 Å². The van der Waals surface area contributed by atoms with Gasteiger partial charge in [0.05, 0.1) is 12.0 Å². The number of rotatable bonds is 7. The Labute approximate surface area is 136 Å². The number of carbonyl (C=O) groups excluding carboxylic acids is 1. The Balaban J connectivity index is 1.85. The van der Waals surface area contributed by atoms with Gasteiger partial charge in [0, 0.05) is 11.4 Å². The Bertz CT molecular complexity index is 617. The van der Waals surface area contributed by atoms with Crippen LogP contribution in [0.2, 0.25) is 0 Å². The van der Waals surface area contributed by atoms with Crippen molar-refractivity contribution in [1.29, 1.82) is 0 Å². The van der Waals surface area contributed by atoms with Gasteiger partial charge in [0.2, 0.25) is 0 Å². The molecule has 0 atom stereocenters. The van der Waals surface area contributed by atoms with Crippen LogP contribution in [-0.2, 0) is 12.8 Å². The van der Waals surface area contributed by atoms with E-state index in [1.54, 1.807) is 18.4 Å². The number of hydrogen-bond acceptors (Lipinski definition) is 3. The van der Waals surface area contributed by atoms with Crippen molar-refractivity contribution in [3.8, 4) is 5.75 Å². The average Bonchev–Trinajstić information content (AvgIpc) is 2.89. The lowest BCUT2D eigenvalue weighted by Gasteiger charge is -2.05. The predicted octanol–water partition coefficient (Wildman–Crippen LogP) is 3.99. The van der Waals surface area contributed by atoms with Gasteiger partial charge >= 0.3 is 0 Å². The predicted molar refractivity (Wildman–Crippen MR) is 92.1 cm³/mol. The smallest absolute Gasteiger partial charge is 0.261 e. The quantitative estimate of drug-likeness (QED) is 0.838. The molecule has 0 aliphatic rings. The van der Waals surface area contributed by atoms with Gasteiger partial charge in [-0.1, -0.05) is 25.5 Å². The summed E-state index contributed by atoms with van der Waals surface area (Å²) in [5.41, 5.74) is 2.49. The van der Waals surface area contributed by atoms with Crippen molar-refractivity contribution in [2.75, 3.05) is 13.7 Å². The maximum Gasteiger partial charge on any atom is 0.261 e. The molecule has 1 heterocycles. The normalized spacial score (nSPS) is 10.5. The monoisotopic (exact) mass is 317 g/mol. The highest BCUT2D eigenvalue weighted by molar-refractivity contribution is 7.14. The van der Waals surface area contributed by atoms with E-state index in [1.165, 1.54) is 16.0 Å². The summed E-state index contributed by atoms with van der Waals surface area (Å²) < 4.78 is 5.13. The van der Waals surface area contributed by atoms with Gasteiger partial charge in [-0.3, -0.25) is 4.79 Å². The van der Waals surface area contributed by atoms with E-state index < -0.39 is 0 Å². The number of benzene rings is 1. The second kappa shape index (κ2) is 7.99. The van der Waals surface area contributed by atoms with Crippen LogP contribution in [0.4, 0.5) is 0 Å². The van der Waals surface area contributed by atoms with Crippen LogP contribution < -0.4 is 10.1 Å². The minimum atomic E-state index is 0.0314. The third kappa shape index (κ3) is 4.34. The number of methoxy groups -OCH3 is 1. The first kappa shape index (κ1) is 16.6. The molecule has 0 aliphatic heterocycles. The van der Waals surface area contributed by atoms with Crippen LogP contribution in [-0.4, -0.2) is 19.6 Å². The molecule has 2 rings (SSSR count). The molecule has 0 radical (unpaired) electrons. The minimum Gasteiger partial charge on any atom is -0.497 e. The zero-order valence-corrected chi connectivity index (χ0v) is 14.3. The van der Waals surface area contributed by atoms with E-state index in [2.05, 4.69) is 19.2 Å². The number of thiophene rings is 1. The molecule has 0 bridgehead atoms. The Morgan fingerprint density at radius 3 is 2.59 bits per heavy atom. The van der Waals surface area contributed by atoms with Crippen LogP contribution in [0.25, 0.3) is 0 Å². The van der Waals surface area contributed by atoms with E-state index in [1.807, 2.05) is 30.3 Å². The molecule has 0 saturated carbocycles. The molecule has 1 aromatic carbocycles. The summed E-state index contributed by atoms with van der Waals surface area (Å²) in [5, 5.41) is 3.00. The summed E-state index contributed by atoms with van der Waals surface area (Å²) >= 11 is 1.59. The topological polar surface area (TPSA) is 38.3 Å². The van der Waals surface area contributed by atoms with E-state index in [4.69, 9.17) is 4.74 Å². The highest BCUT2D eigenvalue weighted by atomic mass is 32.1. The van der Waals surface area contributed by atoms with E-state index in [-0.39, 0.29) is 5.91 Å². The zero-order chi connectivity index (χ0) is 15.9. The molecule has 2 aromatic rings. The van der Waals surface area contributed by atoms with E-state index in [0.29, 0.717) is 6.54 Å². The van der Waals surface area contributed by atoms with Crippen molar-refractivity contribution < 1.29 is 9.53 Å². The molecule has 0 unspecified atom stereocenters. The summed E-state index contributed by atoms with van der Waals surface area (Å²) in [5.74, 6) is 0.884. The Morgan fingerprint density at radius 2 is 1.95 bits per heavy atom. The number of ether oxygens (including phenoxy) is 1. The molecule has 4 heteroatoms. The second-order valence-electron chi connectivity index (χ2n) is 5.30. The lowest BCUT2D eigenvalue weighted by Crippen LogP contribution is -2.24. The SMILES string of the molecule is CCCc1cc(C(=O)NCCc2ccc(OC)cc2)sc1C. The van der Waals surface area contributed by atoms with Gasteiger partial charge in [0.1, 0.15) is 5.75 Å². The Hall–Kier alpha value is -1.81. The summed E-state index contributed by atoms with van der Waals surface area (Å²) in [6, 6.07) is 9.97. The zero-order valence-electron chi connectivity index (χ0n) is 13.4. The van der Waals surface area contributed by atoms with Crippen molar-refractivity contribution in [1.82, 2.24) is 5.32 Å². The fraction of sp³-hybridized carbons (Fsp3) is 0.389. The van der Waals surface area contributed by atoms with Gasteiger partial charge in [-0.25, -0.2) is 0 Å². The first-order valence-electron chi connectivity index (χ1n) is 7.64. The first-order chi connectivity index (χ1) is 10.6. The maximum absolute atomic E-state index is 12.2. The highest BCUT2D eigenvalue weighted by Crippen LogP contribution is 2.22. The van der Waals surface area contributed by atoms with Crippen molar-refractivity contribution >= 4 is 17.2 Å². The van der Waals surface area contributed by atoms with Crippen LogP contribution in [0.5, 0.6) is 5.75 Å². The minimum absolute atomic E-state index is 0.0314. The average molecular weight is 317 g/mol. The number of aryl methyl sites for hydroxylation is 2. The van der Waals surface area contributed by atoms with Crippen LogP contribution in [0.15, 0.2) is 30.3 Å². The van der Waals surface area contributed by atoms with E-state index >= 15 is 0 Å². The molecule has 0 saturated heterocycles. The van der Waals surface area contributed by atoms with Gasteiger partial charge in [-0.15, -0.1) is 11.3 Å². The molecule has 0 fully saturated rings. The van der Waals surface area contributed by atoms with Crippen molar-refractivity contribution in [2.24, 2.45) is 0 Å². The van der Waals surface area contributed by atoms with Gasteiger partial charge in [0.15, 0.2) is 0 Å². The third-order valence-electron chi connectivity index (χ3n) is 3.62. The molecule has 3 nitrogen and oxygen atoms in total. The van der Waals surface area contributed by atoms with Crippen LogP contribution in [0.3, 0.4) is 0 Å². The molecule has 0 spiro atoms. The summed E-state index contributed by atoms with van der Waals surface area (Å²) in [4.78, 5) is 14.3. The summed E-state index contributed by atoms with van der Waals surface area (Å²) in [6.07, 6.45) is 2.97. The molecule has 1 amide bonds. The third-order valence-corrected chi connectivity index (χ3v) is 4.71. The molecular formula is C18H23NO2S. The number of nitrogens with one attached hydrogen (secondary N) is 1. The number of hydrogen-bond donors (Lipinski definition) is 1. The summed E-state index contributed by atoms with van der Waals surface area (Å²) in [6.45, 7) is 4.89. The second-order valence-corrected chi connectivity index (χ2v) is 6.55. The molecule has 118 valence electrons. The van der Waals surface area contributed by atoms with Crippen molar-refractivity contribution in [3.05, 3.63) is 51.2 Å². The fourth-order valence-corrected chi connectivity index (χ4v) is 3.34. The fourth-order valence-electron chi connectivity index (χ4n) is 2.35. The van der Waals surface area contributed by atoms with Crippen LogP contribution in [0.1, 0.15) is 39.0 Å². The van der Waals surface area contributed by atoms with E-state index in [9.17, 15) is 4.79 Å². The molecular weight excluding hydrogens is 294 g/mol. The van der Waals surface area contributed by atoms with Gasteiger partial charge in [-0.05, 0) is 49.1 Å². The van der Waals surface area contributed by atoms with Crippen LogP contribution in [0, 0.1) is 6.92 Å². The lowest BCUT2D eigenvalue weighted by molar-refractivity contribution is 0.0958. The molecule has 0 aliphatic carbocycles. The number of amides is 1. The number of carbonyl (C=O) groups is 1. The molecule has 1 N–H and O–H groups in total. The first-order valence-corrected chi connectivity index (χ1v) is 8.46. The van der Waals surface area contributed by atoms with Gasteiger partial charge in [-0.2, -0.15) is 0 Å².